The molecule has 0 saturated carbocycles. The number of benzene rings is 1. The van der Waals surface area contributed by atoms with E-state index in [2.05, 4.69) is 25.4 Å². The summed E-state index contributed by atoms with van der Waals surface area (Å²) in [6.45, 7) is 1.50. The average Bonchev–Trinajstić information content (AvgIpc) is 3.15. The molecule has 0 radical (unpaired) electrons. The van der Waals surface area contributed by atoms with Crippen LogP contribution in [0.1, 0.15) is 25.1 Å². The highest BCUT2D eigenvalue weighted by Crippen LogP contribution is 2.24. The third kappa shape index (κ3) is 4.78. The monoisotopic (exact) mass is 392 g/mol. The van der Waals surface area contributed by atoms with Crippen LogP contribution in [0.5, 0.6) is 11.5 Å². The van der Waals surface area contributed by atoms with Crippen LogP contribution in [0.4, 0.5) is 5.69 Å². The molecule has 1 aromatic carbocycles. The molecule has 1 aliphatic rings. The third-order valence-corrected chi connectivity index (χ3v) is 5.06. The van der Waals surface area contributed by atoms with Gasteiger partial charge in [-0.25, -0.2) is 0 Å². The lowest BCUT2D eigenvalue weighted by molar-refractivity contribution is -0.122. The molecule has 1 atom stereocenters. The van der Waals surface area contributed by atoms with Crippen LogP contribution in [-0.2, 0) is 18.4 Å². The summed E-state index contributed by atoms with van der Waals surface area (Å²) in [5.41, 5.74) is 0.748. The fourth-order valence-corrected chi connectivity index (χ4v) is 3.48. The maximum absolute atomic E-state index is 12.9. The molecule has 0 bridgehead atoms. The molecule has 4 rings (SSSR count). The molecule has 0 aliphatic carbocycles. The average molecular weight is 392 g/mol. The number of hydrogen-bond donors (Lipinski definition) is 1. The second-order valence-electron chi connectivity index (χ2n) is 7.14. The Labute approximate surface area is 169 Å². The smallest absolute Gasteiger partial charge is 0.241 e. The highest BCUT2D eigenvalue weighted by atomic mass is 16.5. The highest BCUT2D eigenvalue weighted by molar-refractivity contribution is 5.94. The second kappa shape index (κ2) is 8.83. The number of likely N-dealkylation sites (tertiary alicyclic amines) is 1. The standard InChI is InChI=1S/C21H24N6O2/c1-26-15-23-25-20(26)14-27-12-3-2-6-19(27)21(28)24-16-7-9-17(10-8-16)29-18-5-4-11-22-13-18/h4-5,7-11,13,15,19H,2-3,6,12,14H2,1H3,(H,24,28)/t19-/m1/s1. The van der Waals surface area contributed by atoms with Crippen molar-refractivity contribution in [2.75, 3.05) is 11.9 Å². The number of carbonyl (C=O) groups is 1. The van der Waals surface area contributed by atoms with Gasteiger partial charge in [0.05, 0.1) is 18.8 Å². The number of aromatic nitrogens is 4. The van der Waals surface area contributed by atoms with Crippen LogP contribution in [0.3, 0.4) is 0 Å². The molecular weight excluding hydrogens is 368 g/mol. The van der Waals surface area contributed by atoms with E-state index in [9.17, 15) is 4.79 Å². The van der Waals surface area contributed by atoms with E-state index in [0.29, 0.717) is 18.0 Å². The Morgan fingerprint density at radius 1 is 1.21 bits per heavy atom. The third-order valence-electron chi connectivity index (χ3n) is 5.06. The topological polar surface area (TPSA) is 85.2 Å². The number of nitrogens with zero attached hydrogens (tertiary/aromatic N) is 5. The molecule has 8 nitrogen and oxygen atoms in total. The van der Waals surface area contributed by atoms with E-state index in [4.69, 9.17) is 4.74 Å². The minimum absolute atomic E-state index is 0.00722. The van der Waals surface area contributed by atoms with E-state index in [-0.39, 0.29) is 11.9 Å². The van der Waals surface area contributed by atoms with Crippen LogP contribution in [0.15, 0.2) is 55.1 Å². The number of carbonyl (C=O) groups excluding carboxylic acids is 1. The van der Waals surface area contributed by atoms with Crippen molar-refractivity contribution in [3.05, 3.63) is 60.9 Å². The van der Waals surface area contributed by atoms with Crippen LogP contribution in [-0.4, -0.2) is 43.1 Å². The number of piperidine rings is 1. The van der Waals surface area contributed by atoms with Gasteiger partial charge in [-0.1, -0.05) is 6.42 Å². The van der Waals surface area contributed by atoms with Crippen LogP contribution in [0.2, 0.25) is 0 Å². The minimum atomic E-state index is -0.174. The lowest BCUT2D eigenvalue weighted by Crippen LogP contribution is -2.46. The van der Waals surface area contributed by atoms with E-state index >= 15 is 0 Å². The van der Waals surface area contributed by atoms with Gasteiger partial charge in [-0.05, 0) is 55.8 Å². The molecule has 1 N–H and O–H groups in total. The molecule has 150 valence electrons. The van der Waals surface area contributed by atoms with Crippen molar-refractivity contribution in [2.45, 2.75) is 31.8 Å². The first-order valence-corrected chi connectivity index (χ1v) is 9.75. The SMILES string of the molecule is Cn1cnnc1CN1CCCC[C@@H]1C(=O)Nc1ccc(Oc2cccnc2)cc1. The summed E-state index contributed by atoms with van der Waals surface area (Å²) >= 11 is 0. The Balaban J connectivity index is 1.38. The van der Waals surface area contributed by atoms with Crippen molar-refractivity contribution in [1.82, 2.24) is 24.6 Å². The van der Waals surface area contributed by atoms with Crippen LogP contribution < -0.4 is 10.1 Å². The predicted molar refractivity (Wildman–Crippen MR) is 108 cm³/mol. The van der Waals surface area contributed by atoms with Gasteiger partial charge in [-0.2, -0.15) is 0 Å². The Hall–Kier alpha value is -3.26. The molecule has 0 unspecified atom stereocenters. The molecule has 2 aromatic heterocycles. The van der Waals surface area contributed by atoms with Crippen molar-refractivity contribution < 1.29 is 9.53 Å². The van der Waals surface area contributed by atoms with Gasteiger partial charge in [0.1, 0.15) is 23.7 Å². The van der Waals surface area contributed by atoms with Crippen molar-refractivity contribution in [3.8, 4) is 11.5 Å². The first-order chi connectivity index (χ1) is 14.2. The van der Waals surface area contributed by atoms with Crippen molar-refractivity contribution in [2.24, 2.45) is 7.05 Å². The van der Waals surface area contributed by atoms with E-state index in [1.807, 2.05) is 48.0 Å². The molecule has 1 aliphatic heterocycles. The summed E-state index contributed by atoms with van der Waals surface area (Å²) in [6.07, 6.45) is 8.01. The van der Waals surface area contributed by atoms with Gasteiger partial charge in [0.25, 0.3) is 0 Å². The molecule has 29 heavy (non-hydrogen) atoms. The number of hydrogen-bond acceptors (Lipinski definition) is 6. The van der Waals surface area contributed by atoms with E-state index in [1.54, 1.807) is 18.7 Å². The van der Waals surface area contributed by atoms with Gasteiger partial charge in [0, 0.05) is 18.9 Å². The van der Waals surface area contributed by atoms with Gasteiger partial charge >= 0.3 is 0 Å². The van der Waals surface area contributed by atoms with Crippen molar-refractivity contribution in [3.63, 3.8) is 0 Å². The van der Waals surface area contributed by atoms with Crippen LogP contribution in [0, 0.1) is 0 Å². The maximum Gasteiger partial charge on any atom is 0.241 e. The number of pyridine rings is 1. The summed E-state index contributed by atoms with van der Waals surface area (Å²) in [5.74, 6) is 2.23. The number of nitrogens with one attached hydrogen (secondary N) is 1. The number of aryl methyl sites for hydroxylation is 1. The van der Waals surface area contributed by atoms with E-state index < -0.39 is 0 Å². The van der Waals surface area contributed by atoms with Gasteiger partial charge in [0.2, 0.25) is 5.91 Å². The van der Waals surface area contributed by atoms with Crippen molar-refractivity contribution in [1.29, 1.82) is 0 Å². The Morgan fingerprint density at radius 3 is 2.79 bits per heavy atom. The summed E-state index contributed by atoms with van der Waals surface area (Å²) in [4.78, 5) is 19.1. The minimum Gasteiger partial charge on any atom is -0.456 e. The summed E-state index contributed by atoms with van der Waals surface area (Å²) in [6, 6.07) is 10.9. The first-order valence-electron chi connectivity index (χ1n) is 9.75. The fraction of sp³-hybridized carbons (Fsp3) is 0.333. The number of anilines is 1. The van der Waals surface area contributed by atoms with Gasteiger partial charge < -0.3 is 14.6 Å². The van der Waals surface area contributed by atoms with E-state index in [0.717, 1.165) is 37.3 Å². The molecule has 3 aromatic rings. The predicted octanol–water partition coefficient (Wildman–Crippen LogP) is 3.00. The van der Waals surface area contributed by atoms with Gasteiger partial charge in [-0.3, -0.25) is 14.7 Å². The lowest BCUT2D eigenvalue weighted by Gasteiger charge is -2.34. The lowest BCUT2D eigenvalue weighted by atomic mass is 10.0. The molecule has 1 amide bonds. The van der Waals surface area contributed by atoms with Crippen LogP contribution in [0.25, 0.3) is 0 Å². The molecule has 1 fully saturated rings. The molecule has 0 spiro atoms. The number of rotatable bonds is 6. The Bertz CT molecular complexity index is 941. The zero-order valence-electron chi connectivity index (χ0n) is 16.4. The molecule has 8 heteroatoms. The maximum atomic E-state index is 12.9. The normalized spacial score (nSPS) is 17.1. The fourth-order valence-electron chi connectivity index (χ4n) is 3.48. The quantitative estimate of drug-likeness (QED) is 0.694. The molecular formula is C21H24N6O2. The molecule has 1 saturated heterocycles. The Kier molecular flexibility index (Phi) is 5.81. The van der Waals surface area contributed by atoms with E-state index in [1.165, 1.54) is 0 Å². The second-order valence-corrected chi connectivity index (χ2v) is 7.14. The highest BCUT2D eigenvalue weighted by Gasteiger charge is 2.29. The number of ether oxygens (including phenoxy) is 1. The largest absolute Gasteiger partial charge is 0.456 e. The van der Waals surface area contributed by atoms with Crippen molar-refractivity contribution >= 4 is 11.6 Å². The number of amides is 1. The summed E-state index contributed by atoms with van der Waals surface area (Å²) < 4.78 is 7.64. The van der Waals surface area contributed by atoms with Gasteiger partial charge in [-0.15, -0.1) is 10.2 Å². The summed E-state index contributed by atoms with van der Waals surface area (Å²) in [7, 11) is 1.92. The Morgan fingerprint density at radius 2 is 2.07 bits per heavy atom. The van der Waals surface area contributed by atoms with Gasteiger partial charge in [0.15, 0.2) is 0 Å². The molecule has 3 heterocycles. The first kappa shape index (κ1) is 19.1. The zero-order chi connectivity index (χ0) is 20.1. The summed E-state index contributed by atoms with van der Waals surface area (Å²) in [5, 5.41) is 11.1. The van der Waals surface area contributed by atoms with Crippen LogP contribution >= 0.6 is 0 Å². The zero-order valence-corrected chi connectivity index (χ0v) is 16.4.